The van der Waals surface area contributed by atoms with Crippen molar-refractivity contribution >= 4 is 27.9 Å². The average molecular weight is 268 g/mol. The molecular weight excluding hydrogens is 254 g/mol. The Bertz CT molecular complexity index is 378. The van der Waals surface area contributed by atoms with Crippen molar-refractivity contribution in [1.29, 1.82) is 0 Å². The number of fused-ring (bicyclic) bond motifs is 1. The van der Waals surface area contributed by atoms with E-state index >= 15 is 0 Å². The normalized spacial score (nSPS) is 17.1. The van der Waals surface area contributed by atoms with Crippen LogP contribution in [-0.2, 0) is 11.2 Å². The van der Waals surface area contributed by atoms with Gasteiger partial charge in [0.1, 0.15) is 6.29 Å². The number of nitrogens with zero attached hydrogens (tertiary/aromatic N) is 1. The van der Waals surface area contributed by atoms with Crippen molar-refractivity contribution < 1.29 is 4.79 Å². The molecule has 0 aromatic heterocycles. The lowest BCUT2D eigenvalue weighted by Crippen LogP contribution is -2.38. The van der Waals surface area contributed by atoms with Crippen LogP contribution in [0.1, 0.15) is 18.9 Å². The molecule has 0 saturated heterocycles. The Morgan fingerprint density at radius 2 is 2.33 bits per heavy atom. The molecule has 1 atom stereocenters. The summed E-state index contributed by atoms with van der Waals surface area (Å²) in [5, 5.41) is 0. The first-order valence-corrected chi connectivity index (χ1v) is 6.02. The molecule has 2 rings (SSSR count). The molecule has 1 heterocycles. The van der Waals surface area contributed by atoms with Gasteiger partial charge in [0.15, 0.2) is 0 Å². The largest absolute Gasteiger partial charge is 0.362 e. The molecule has 15 heavy (non-hydrogen) atoms. The third-order valence-corrected chi connectivity index (χ3v) is 3.38. The fraction of sp³-hybridized carbons (Fsp3) is 0.417. The van der Waals surface area contributed by atoms with Gasteiger partial charge in [-0.25, -0.2) is 0 Å². The van der Waals surface area contributed by atoms with Crippen LogP contribution in [0.15, 0.2) is 22.7 Å². The Morgan fingerprint density at radius 3 is 3.07 bits per heavy atom. The van der Waals surface area contributed by atoms with Crippen molar-refractivity contribution in [2.24, 2.45) is 0 Å². The van der Waals surface area contributed by atoms with Crippen LogP contribution in [0.25, 0.3) is 0 Å². The Balaban J connectivity index is 2.38. The lowest BCUT2D eigenvalue weighted by Gasteiger charge is -2.33. The van der Waals surface area contributed by atoms with Crippen LogP contribution in [0.4, 0.5) is 5.69 Å². The maximum Gasteiger partial charge on any atom is 0.142 e. The Morgan fingerprint density at radius 1 is 1.53 bits per heavy atom. The van der Waals surface area contributed by atoms with Gasteiger partial charge < -0.3 is 9.69 Å². The summed E-state index contributed by atoms with van der Waals surface area (Å²) in [5.41, 5.74) is 2.55. The molecule has 0 amide bonds. The van der Waals surface area contributed by atoms with E-state index in [0.717, 1.165) is 30.1 Å². The predicted octanol–water partition coefficient (Wildman–Crippen LogP) is 2.79. The smallest absolute Gasteiger partial charge is 0.142 e. The minimum Gasteiger partial charge on any atom is -0.362 e. The zero-order valence-electron chi connectivity index (χ0n) is 8.74. The molecule has 0 spiro atoms. The van der Waals surface area contributed by atoms with Crippen LogP contribution in [0, 0.1) is 0 Å². The monoisotopic (exact) mass is 267 g/mol. The van der Waals surface area contributed by atoms with Crippen molar-refractivity contribution in [1.82, 2.24) is 0 Å². The second-order valence-corrected chi connectivity index (χ2v) is 4.86. The van der Waals surface area contributed by atoms with Crippen LogP contribution in [0.5, 0.6) is 0 Å². The molecule has 2 nitrogen and oxygen atoms in total. The molecule has 1 unspecified atom stereocenters. The van der Waals surface area contributed by atoms with E-state index in [1.807, 2.05) is 13.0 Å². The number of carbonyl (C=O) groups is 1. The molecule has 0 radical (unpaired) electrons. The van der Waals surface area contributed by atoms with Crippen molar-refractivity contribution in [2.45, 2.75) is 25.8 Å². The highest BCUT2D eigenvalue weighted by Crippen LogP contribution is 2.30. The molecule has 3 heteroatoms. The molecular formula is C12H14BrNO. The molecule has 0 aliphatic carbocycles. The summed E-state index contributed by atoms with van der Waals surface area (Å²) >= 11 is 3.48. The number of aldehydes is 1. The Labute approximate surface area is 98.4 Å². The number of aryl methyl sites for hydroxylation is 1. The lowest BCUT2D eigenvalue weighted by molar-refractivity contribution is -0.108. The topological polar surface area (TPSA) is 20.3 Å². The first-order valence-electron chi connectivity index (χ1n) is 5.22. The SMILES string of the molecule is CC(C=O)N1CCCc2cc(Br)ccc21. The number of rotatable bonds is 2. The van der Waals surface area contributed by atoms with Gasteiger partial charge in [-0.15, -0.1) is 0 Å². The van der Waals surface area contributed by atoms with Crippen molar-refractivity contribution in [3.63, 3.8) is 0 Å². The van der Waals surface area contributed by atoms with Crippen LogP contribution < -0.4 is 4.90 Å². The fourth-order valence-corrected chi connectivity index (χ4v) is 2.50. The second-order valence-electron chi connectivity index (χ2n) is 3.95. The minimum absolute atomic E-state index is 0.0229. The summed E-state index contributed by atoms with van der Waals surface area (Å²) in [6.07, 6.45) is 3.25. The highest BCUT2D eigenvalue weighted by molar-refractivity contribution is 9.10. The van der Waals surface area contributed by atoms with Gasteiger partial charge in [0, 0.05) is 16.7 Å². The van der Waals surface area contributed by atoms with E-state index in [2.05, 4.69) is 33.0 Å². The number of halogens is 1. The summed E-state index contributed by atoms with van der Waals surface area (Å²) in [6.45, 7) is 2.93. The van der Waals surface area contributed by atoms with Gasteiger partial charge in [-0.2, -0.15) is 0 Å². The molecule has 1 aliphatic rings. The Hall–Kier alpha value is -0.830. The molecule has 1 aromatic carbocycles. The predicted molar refractivity (Wildman–Crippen MR) is 65.3 cm³/mol. The molecule has 0 saturated carbocycles. The lowest BCUT2D eigenvalue weighted by atomic mass is 10.0. The van der Waals surface area contributed by atoms with Gasteiger partial charge in [-0.05, 0) is 43.5 Å². The number of benzene rings is 1. The van der Waals surface area contributed by atoms with Gasteiger partial charge in [0.05, 0.1) is 6.04 Å². The maximum absolute atomic E-state index is 10.8. The third kappa shape index (κ3) is 2.07. The van der Waals surface area contributed by atoms with Crippen LogP contribution in [0.2, 0.25) is 0 Å². The number of hydrogen-bond acceptors (Lipinski definition) is 2. The third-order valence-electron chi connectivity index (χ3n) is 2.88. The summed E-state index contributed by atoms with van der Waals surface area (Å²) < 4.78 is 1.11. The zero-order chi connectivity index (χ0) is 10.8. The molecule has 0 bridgehead atoms. The van der Waals surface area contributed by atoms with Gasteiger partial charge in [0.2, 0.25) is 0 Å². The van der Waals surface area contributed by atoms with Crippen molar-refractivity contribution in [2.75, 3.05) is 11.4 Å². The zero-order valence-corrected chi connectivity index (χ0v) is 10.3. The number of carbonyl (C=O) groups excluding carboxylic acids is 1. The number of hydrogen-bond donors (Lipinski definition) is 0. The van der Waals surface area contributed by atoms with Crippen molar-refractivity contribution in [3.8, 4) is 0 Å². The van der Waals surface area contributed by atoms with E-state index < -0.39 is 0 Å². The van der Waals surface area contributed by atoms with E-state index in [9.17, 15) is 4.79 Å². The highest BCUT2D eigenvalue weighted by atomic mass is 79.9. The van der Waals surface area contributed by atoms with Gasteiger partial charge >= 0.3 is 0 Å². The van der Waals surface area contributed by atoms with E-state index in [0.29, 0.717) is 0 Å². The summed E-state index contributed by atoms with van der Waals surface area (Å²) in [4.78, 5) is 13.0. The van der Waals surface area contributed by atoms with Gasteiger partial charge in [0.25, 0.3) is 0 Å². The molecule has 80 valence electrons. The van der Waals surface area contributed by atoms with E-state index in [1.165, 1.54) is 11.3 Å². The number of anilines is 1. The molecule has 0 fully saturated rings. The van der Waals surface area contributed by atoms with E-state index in [4.69, 9.17) is 0 Å². The highest BCUT2D eigenvalue weighted by Gasteiger charge is 2.20. The van der Waals surface area contributed by atoms with Crippen LogP contribution in [0.3, 0.4) is 0 Å². The molecule has 0 N–H and O–H groups in total. The fourth-order valence-electron chi connectivity index (χ4n) is 2.09. The van der Waals surface area contributed by atoms with Gasteiger partial charge in [-0.3, -0.25) is 0 Å². The standard InChI is InChI=1S/C12H14BrNO/c1-9(8-15)14-6-2-3-10-7-11(13)4-5-12(10)14/h4-5,7-9H,2-3,6H2,1H3. The van der Waals surface area contributed by atoms with Gasteiger partial charge in [-0.1, -0.05) is 15.9 Å². The van der Waals surface area contributed by atoms with Crippen molar-refractivity contribution in [3.05, 3.63) is 28.2 Å². The summed E-state index contributed by atoms with van der Waals surface area (Å²) in [5.74, 6) is 0. The van der Waals surface area contributed by atoms with E-state index in [-0.39, 0.29) is 6.04 Å². The quantitative estimate of drug-likeness (QED) is 0.769. The molecule has 1 aliphatic heterocycles. The first-order chi connectivity index (χ1) is 7.22. The van der Waals surface area contributed by atoms with Crippen LogP contribution in [-0.4, -0.2) is 18.9 Å². The summed E-state index contributed by atoms with van der Waals surface area (Å²) in [7, 11) is 0. The first kappa shape index (κ1) is 10.7. The average Bonchev–Trinajstić information content (AvgIpc) is 2.26. The second kappa shape index (κ2) is 4.35. The summed E-state index contributed by atoms with van der Waals surface area (Å²) in [6, 6.07) is 6.26. The maximum atomic E-state index is 10.8. The van der Waals surface area contributed by atoms with E-state index in [1.54, 1.807) is 0 Å². The van der Waals surface area contributed by atoms with Crippen LogP contribution >= 0.6 is 15.9 Å². The Kier molecular flexibility index (Phi) is 3.10. The molecule has 1 aromatic rings. The minimum atomic E-state index is -0.0229.